The Hall–Kier alpha value is -1.79. The lowest BCUT2D eigenvalue weighted by molar-refractivity contribution is 0.0529. The molecule has 0 saturated heterocycles. The predicted molar refractivity (Wildman–Crippen MR) is 77.2 cm³/mol. The van der Waals surface area contributed by atoms with Crippen molar-refractivity contribution in [1.82, 2.24) is 4.37 Å². The number of hydrogen-bond donors (Lipinski definition) is 2. The van der Waals surface area contributed by atoms with Crippen LogP contribution in [0.25, 0.3) is 0 Å². The van der Waals surface area contributed by atoms with Gasteiger partial charge < -0.3 is 15.8 Å². The molecule has 0 aliphatic carbocycles. The van der Waals surface area contributed by atoms with E-state index >= 15 is 0 Å². The quantitative estimate of drug-likeness (QED) is 0.847. The van der Waals surface area contributed by atoms with Gasteiger partial charge in [0.25, 0.3) is 0 Å². The minimum atomic E-state index is -0.481. The summed E-state index contributed by atoms with van der Waals surface area (Å²) in [7, 11) is 0. The molecule has 3 N–H and O–H groups in total. The van der Waals surface area contributed by atoms with E-state index in [4.69, 9.17) is 22.1 Å². The minimum absolute atomic E-state index is 0.167. The van der Waals surface area contributed by atoms with Crippen molar-refractivity contribution in [3.8, 4) is 0 Å². The van der Waals surface area contributed by atoms with Crippen molar-refractivity contribution < 1.29 is 9.53 Å². The van der Waals surface area contributed by atoms with Crippen LogP contribution < -0.4 is 11.1 Å². The maximum absolute atomic E-state index is 11.8. The zero-order valence-electron chi connectivity index (χ0n) is 10.1. The van der Waals surface area contributed by atoms with Crippen molar-refractivity contribution >= 4 is 45.6 Å². The molecule has 0 bridgehead atoms. The maximum atomic E-state index is 11.8. The van der Waals surface area contributed by atoms with Gasteiger partial charge in [-0.3, -0.25) is 0 Å². The van der Waals surface area contributed by atoms with Gasteiger partial charge in [-0.25, -0.2) is 4.79 Å². The number of nitrogen functional groups attached to an aromatic ring is 1. The molecule has 2 rings (SSSR count). The van der Waals surface area contributed by atoms with Crippen molar-refractivity contribution in [2.45, 2.75) is 6.92 Å². The molecule has 5 nitrogen and oxygen atoms in total. The third-order valence-electron chi connectivity index (χ3n) is 2.30. The van der Waals surface area contributed by atoms with Gasteiger partial charge in [0.15, 0.2) is 5.82 Å². The van der Waals surface area contributed by atoms with Crippen LogP contribution in [0.15, 0.2) is 24.3 Å². The van der Waals surface area contributed by atoms with Crippen molar-refractivity contribution in [1.29, 1.82) is 0 Å². The molecule has 0 spiro atoms. The summed E-state index contributed by atoms with van der Waals surface area (Å²) in [4.78, 5) is 11.8. The monoisotopic (exact) mass is 297 g/mol. The first-order chi connectivity index (χ1) is 9.11. The van der Waals surface area contributed by atoms with Gasteiger partial charge >= 0.3 is 5.97 Å². The fourth-order valence-corrected chi connectivity index (χ4v) is 2.30. The van der Waals surface area contributed by atoms with E-state index < -0.39 is 5.97 Å². The highest BCUT2D eigenvalue weighted by molar-refractivity contribution is 7.11. The van der Waals surface area contributed by atoms with Crippen LogP contribution in [0.5, 0.6) is 0 Å². The molecule has 19 heavy (non-hydrogen) atoms. The number of nitrogens with one attached hydrogen (secondary N) is 1. The summed E-state index contributed by atoms with van der Waals surface area (Å²) in [6.45, 7) is 2.02. The highest BCUT2D eigenvalue weighted by Gasteiger charge is 2.20. The molecule has 2 aromatic rings. The minimum Gasteiger partial charge on any atom is -0.462 e. The molecule has 0 radical (unpaired) electrons. The average Bonchev–Trinajstić information content (AvgIpc) is 2.74. The van der Waals surface area contributed by atoms with E-state index in [1.807, 2.05) is 0 Å². The first-order valence-electron chi connectivity index (χ1n) is 5.56. The van der Waals surface area contributed by atoms with E-state index in [0.29, 0.717) is 10.0 Å². The number of rotatable bonds is 4. The fourth-order valence-electron chi connectivity index (χ4n) is 1.45. The molecular weight excluding hydrogens is 286 g/mol. The molecule has 0 unspecified atom stereocenters. The molecule has 0 aliphatic rings. The summed E-state index contributed by atoms with van der Waals surface area (Å²) in [5, 5.41) is 4.27. The first-order valence-corrected chi connectivity index (χ1v) is 6.71. The molecule has 0 fully saturated rings. The van der Waals surface area contributed by atoms with E-state index in [-0.39, 0.29) is 18.0 Å². The normalized spacial score (nSPS) is 10.2. The summed E-state index contributed by atoms with van der Waals surface area (Å²) in [5.74, 6) is -0.315. The zero-order chi connectivity index (χ0) is 13.8. The highest BCUT2D eigenvalue weighted by atomic mass is 35.5. The van der Waals surface area contributed by atoms with Crippen molar-refractivity contribution in [3.63, 3.8) is 0 Å². The number of benzene rings is 1. The lowest BCUT2D eigenvalue weighted by Gasteiger charge is -2.06. The van der Waals surface area contributed by atoms with E-state index in [2.05, 4.69) is 9.69 Å². The molecule has 7 heteroatoms. The number of ether oxygens (including phenoxy) is 1. The van der Waals surface area contributed by atoms with Crippen molar-refractivity contribution in [3.05, 3.63) is 34.9 Å². The Bertz CT molecular complexity index is 583. The van der Waals surface area contributed by atoms with Gasteiger partial charge in [-0.2, -0.15) is 4.37 Å². The Kier molecular flexibility index (Phi) is 4.24. The van der Waals surface area contributed by atoms with E-state index in [1.54, 1.807) is 31.2 Å². The molecule has 1 heterocycles. The van der Waals surface area contributed by atoms with Gasteiger partial charge in [0, 0.05) is 10.7 Å². The van der Waals surface area contributed by atoms with Crippen molar-refractivity contribution in [2.75, 3.05) is 17.7 Å². The van der Waals surface area contributed by atoms with E-state index in [0.717, 1.165) is 17.2 Å². The smallest absolute Gasteiger partial charge is 0.345 e. The Morgan fingerprint density at radius 3 is 2.79 bits per heavy atom. The van der Waals surface area contributed by atoms with Crippen LogP contribution in [0.3, 0.4) is 0 Å². The number of nitrogens with zero attached hydrogens (tertiary/aromatic N) is 1. The number of aromatic nitrogens is 1. The molecular formula is C12H12ClN3O2S. The summed E-state index contributed by atoms with van der Waals surface area (Å²) in [6.07, 6.45) is 0. The summed E-state index contributed by atoms with van der Waals surface area (Å²) < 4.78 is 8.91. The summed E-state index contributed by atoms with van der Waals surface area (Å²) in [5.41, 5.74) is 6.74. The highest BCUT2D eigenvalue weighted by Crippen LogP contribution is 2.30. The molecule has 0 saturated carbocycles. The molecule has 0 atom stereocenters. The average molecular weight is 298 g/mol. The zero-order valence-corrected chi connectivity index (χ0v) is 11.7. The van der Waals surface area contributed by atoms with E-state index in [1.165, 1.54) is 0 Å². The summed E-state index contributed by atoms with van der Waals surface area (Å²) >= 11 is 6.92. The van der Waals surface area contributed by atoms with Crippen LogP contribution in [0.4, 0.5) is 16.5 Å². The Balaban J connectivity index is 2.25. The second-order valence-corrected chi connectivity index (χ2v) is 4.83. The van der Waals surface area contributed by atoms with Gasteiger partial charge in [0.1, 0.15) is 10.6 Å². The number of anilines is 3. The number of esters is 1. The third-order valence-corrected chi connectivity index (χ3v) is 3.33. The lowest BCUT2D eigenvalue weighted by Crippen LogP contribution is -2.08. The van der Waals surface area contributed by atoms with Crippen molar-refractivity contribution in [2.24, 2.45) is 0 Å². The number of carbonyl (C=O) groups excluding carboxylic acids is 1. The second kappa shape index (κ2) is 5.90. The molecule has 1 aromatic carbocycles. The van der Waals surface area contributed by atoms with E-state index in [9.17, 15) is 4.79 Å². The van der Waals surface area contributed by atoms with Gasteiger partial charge in [0.2, 0.25) is 0 Å². The Labute approximate surface area is 119 Å². The van der Waals surface area contributed by atoms with Crippen LogP contribution in [0.1, 0.15) is 17.3 Å². The first kappa shape index (κ1) is 13.6. The Morgan fingerprint density at radius 1 is 1.47 bits per heavy atom. The largest absolute Gasteiger partial charge is 0.462 e. The Morgan fingerprint density at radius 2 is 2.16 bits per heavy atom. The maximum Gasteiger partial charge on any atom is 0.345 e. The number of hydrogen-bond acceptors (Lipinski definition) is 6. The van der Waals surface area contributed by atoms with Crippen LogP contribution >= 0.6 is 23.1 Å². The molecule has 0 aliphatic heterocycles. The van der Waals surface area contributed by atoms with Crippen LogP contribution in [-0.4, -0.2) is 16.9 Å². The fraction of sp³-hybridized carbons (Fsp3) is 0.167. The number of carbonyl (C=O) groups is 1. The van der Waals surface area contributed by atoms with Gasteiger partial charge in [-0.05, 0) is 42.7 Å². The second-order valence-electron chi connectivity index (χ2n) is 3.62. The van der Waals surface area contributed by atoms with Crippen LogP contribution in [0.2, 0.25) is 5.02 Å². The predicted octanol–water partition coefficient (Wildman–Crippen LogP) is 3.30. The van der Waals surface area contributed by atoms with Crippen LogP contribution in [-0.2, 0) is 4.74 Å². The van der Waals surface area contributed by atoms with Gasteiger partial charge in [-0.15, -0.1) is 0 Å². The molecule has 1 aromatic heterocycles. The lowest BCUT2D eigenvalue weighted by atomic mass is 10.3. The van der Waals surface area contributed by atoms with Gasteiger partial charge in [0.05, 0.1) is 6.61 Å². The third kappa shape index (κ3) is 3.15. The van der Waals surface area contributed by atoms with Gasteiger partial charge in [-0.1, -0.05) is 11.6 Å². The molecule has 100 valence electrons. The number of halogens is 1. The standard InChI is InChI=1S/C12H12ClN3O2S/c1-2-18-12(17)9-10(14)16-19-11(9)15-8-5-3-7(13)4-6-8/h3-6,15H,2H2,1H3,(H2,14,16). The molecule has 0 amide bonds. The summed E-state index contributed by atoms with van der Waals surface area (Å²) in [6, 6.07) is 7.09. The van der Waals surface area contributed by atoms with Crippen LogP contribution in [0, 0.1) is 0 Å². The topological polar surface area (TPSA) is 77.2 Å². The SMILES string of the molecule is CCOC(=O)c1c(N)nsc1Nc1ccc(Cl)cc1. The number of nitrogens with two attached hydrogens (primary N) is 1.